The van der Waals surface area contributed by atoms with E-state index in [4.69, 9.17) is 4.42 Å². The largest absolute Gasteiger partial charge is 0.451 e. The molecule has 2 atom stereocenters. The van der Waals surface area contributed by atoms with Crippen LogP contribution >= 0.6 is 0 Å². The Morgan fingerprint density at radius 3 is 2.95 bits per heavy atom. The second kappa shape index (κ2) is 5.69. The number of hydrogen-bond donors (Lipinski definition) is 2. The fraction of sp³-hybridized carbons (Fsp3) is 0.375. The zero-order chi connectivity index (χ0) is 14.8. The van der Waals surface area contributed by atoms with Gasteiger partial charge in [-0.3, -0.25) is 9.59 Å². The molecule has 0 spiro atoms. The van der Waals surface area contributed by atoms with E-state index >= 15 is 0 Å². The third-order valence-electron chi connectivity index (χ3n) is 4.07. The number of benzene rings is 1. The highest BCUT2D eigenvalue weighted by molar-refractivity contribution is 5.93. The van der Waals surface area contributed by atoms with Crippen molar-refractivity contribution in [1.29, 1.82) is 0 Å². The van der Waals surface area contributed by atoms with Gasteiger partial charge in [-0.05, 0) is 25.0 Å². The Balaban J connectivity index is 1.86. The van der Waals surface area contributed by atoms with Gasteiger partial charge in [-0.15, -0.1) is 0 Å². The summed E-state index contributed by atoms with van der Waals surface area (Å²) < 4.78 is 5.51. The molecule has 1 aromatic heterocycles. The fourth-order valence-electron chi connectivity index (χ4n) is 2.90. The van der Waals surface area contributed by atoms with Gasteiger partial charge in [0, 0.05) is 24.6 Å². The van der Waals surface area contributed by atoms with E-state index in [-0.39, 0.29) is 29.8 Å². The predicted octanol–water partition coefficient (Wildman–Crippen LogP) is 1.68. The summed E-state index contributed by atoms with van der Waals surface area (Å²) in [6.07, 6.45) is 2.73. The summed E-state index contributed by atoms with van der Waals surface area (Å²) >= 11 is 0. The summed E-state index contributed by atoms with van der Waals surface area (Å²) in [5, 5.41) is 12.6. The van der Waals surface area contributed by atoms with Crippen molar-refractivity contribution in [1.82, 2.24) is 5.32 Å². The molecule has 1 aromatic carbocycles. The molecule has 3 rings (SSSR count). The van der Waals surface area contributed by atoms with E-state index in [9.17, 15) is 14.7 Å². The number of aliphatic hydroxyl groups is 1. The van der Waals surface area contributed by atoms with Crippen LogP contribution in [0.4, 0.5) is 0 Å². The smallest absolute Gasteiger partial charge is 0.287 e. The summed E-state index contributed by atoms with van der Waals surface area (Å²) in [6.45, 7) is 0.0621. The van der Waals surface area contributed by atoms with E-state index in [0.29, 0.717) is 11.0 Å². The van der Waals surface area contributed by atoms with Gasteiger partial charge in [0.05, 0.1) is 5.39 Å². The van der Waals surface area contributed by atoms with Crippen LogP contribution in [0.2, 0.25) is 0 Å². The Kier molecular flexibility index (Phi) is 3.75. The Bertz CT molecular complexity index is 722. The average molecular weight is 287 g/mol. The molecule has 1 aliphatic carbocycles. The van der Waals surface area contributed by atoms with E-state index in [1.165, 1.54) is 6.07 Å². The average Bonchev–Trinajstić information content (AvgIpc) is 2.94. The van der Waals surface area contributed by atoms with E-state index < -0.39 is 5.91 Å². The number of amides is 1. The first kappa shape index (κ1) is 13.8. The van der Waals surface area contributed by atoms with Gasteiger partial charge in [-0.2, -0.15) is 0 Å². The van der Waals surface area contributed by atoms with Crippen molar-refractivity contribution < 1.29 is 14.3 Å². The third kappa shape index (κ3) is 2.69. The molecule has 5 nitrogen and oxygen atoms in total. The van der Waals surface area contributed by atoms with Gasteiger partial charge in [0.1, 0.15) is 5.58 Å². The minimum Gasteiger partial charge on any atom is -0.451 e. The lowest BCUT2D eigenvalue weighted by molar-refractivity contribution is 0.0888. The molecule has 1 fully saturated rings. The summed E-state index contributed by atoms with van der Waals surface area (Å²) in [7, 11) is 0. The zero-order valence-corrected chi connectivity index (χ0v) is 11.5. The SMILES string of the molecule is O=C(NC1CCCC1CO)c1cc(=O)c2ccccc2o1. The normalized spacial score (nSPS) is 21.6. The fourth-order valence-corrected chi connectivity index (χ4v) is 2.90. The minimum atomic E-state index is -0.400. The quantitative estimate of drug-likeness (QED) is 0.900. The molecule has 2 N–H and O–H groups in total. The van der Waals surface area contributed by atoms with Crippen LogP contribution in [0.1, 0.15) is 29.8 Å². The van der Waals surface area contributed by atoms with Crippen molar-refractivity contribution in [3.8, 4) is 0 Å². The van der Waals surface area contributed by atoms with Crippen molar-refractivity contribution in [3.63, 3.8) is 0 Å². The molecule has 1 heterocycles. The number of hydrogen-bond acceptors (Lipinski definition) is 4. The van der Waals surface area contributed by atoms with E-state index in [0.717, 1.165) is 19.3 Å². The van der Waals surface area contributed by atoms with Gasteiger partial charge in [0.15, 0.2) is 11.2 Å². The van der Waals surface area contributed by atoms with Crippen molar-refractivity contribution in [2.24, 2.45) is 5.92 Å². The van der Waals surface area contributed by atoms with Crippen molar-refractivity contribution in [3.05, 3.63) is 46.3 Å². The van der Waals surface area contributed by atoms with Gasteiger partial charge < -0.3 is 14.8 Å². The maximum atomic E-state index is 12.2. The Hall–Kier alpha value is -2.14. The van der Waals surface area contributed by atoms with Crippen molar-refractivity contribution >= 4 is 16.9 Å². The molecule has 2 aromatic rings. The lowest BCUT2D eigenvalue weighted by Crippen LogP contribution is -2.38. The van der Waals surface area contributed by atoms with Gasteiger partial charge in [-0.25, -0.2) is 0 Å². The highest BCUT2D eigenvalue weighted by Gasteiger charge is 2.28. The molecule has 0 bridgehead atoms. The molecular weight excluding hydrogens is 270 g/mol. The molecule has 2 unspecified atom stereocenters. The molecule has 0 radical (unpaired) electrons. The minimum absolute atomic E-state index is 0.0160. The van der Waals surface area contributed by atoms with E-state index in [1.54, 1.807) is 24.3 Å². The summed E-state index contributed by atoms with van der Waals surface area (Å²) in [4.78, 5) is 24.2. The predicted molar refractivity (Wildman–Crippen MR) is 78.2 cm³/mol. The van der Waals surface area contributed by atoms with E-state index in [1.807, 2.05) is 0 Å². The van der Waals surface area contributed by atoms with Crippen LogP contribution in [0.15, 0.2) is 39.5 Å². The number of para-hydroxylation sites is 1. The van der Waals surface area contributed by atoms with Gasteiger partial charge in [0.25, 0.3) is 5.91 Å². The second-order valence-electron chi connectivity index (χ2n) is 5.42. The molecule has 110 valence electrons. The first-order chi connectivity index (χ1) is 10.2. The van der Waals surface area contributed by atoms with Crippen LogP contribution in [-0.2, 0) is 0 Å². The van der Waals surface area contributed by atoms with Crippen LogP contribution < -0.4 is 10.7 Å². The number of nitrogens with one attached hydrogen (secondary N) is 1. The highest BCUT2D eigenvalue weighted by atomic mass is 16.3. The number of carbonyl (C=O) groups is 1. The summed E-state index contributed by atoms with van der Waals surface area (Å²) in [5.41, 5.74) is 0.174. The van der Waals surface area contributed by atoms with Gasteiger partial charge in [0.2, 0.25) is 0 Å². The molecule has 1 amide bonds. The molecule has 0 saturated heterocycles. The van der Waals surface area contributed by atoms with Crippen LogP contribution in [0.5, 0.6) is 0 Å². The summed E-state index contributed by atoms with van der Waals surface area (Å²) in [6, 6.07) is 8.01. The Morgan fingerprint density at radius 2 is 2.14 bits per heavy atom. The second-order valence-corrected chi connectivity index (χ2v) is 5.42. The molecular formula is C16H17NO4. The number of aliphatic hydroxyl groups excluding tert-OH is 1. The maximum absolute atomic E-state index is 12.2. The first-order valence-corrected chi connectivity index (χ1v) is 7.13. The lowest BCUT2D eigenvalue weighted by Gasteiger charge is -2.18. The molecule has 1 saturated carbocycles. The van der Waals surface area contributed by atoms with Gasteiger partial charge >= 0.3 is 0 Å². The topological polar surface area (TPSA) is 79.5 Å². The molecule has 1 aliphatic rings. The molecule has 0 aliphatic heterocycles. The zero-order valence-electron chi connectivity index (χ0n) is 11.5. The summed E-state index contributed by atoms with van der Waals surface area (Å²) in [5.74, 6) is -0.299. The number of rotatable bonds is 3. The van der Waals surface area contributed by atoms with Gasteiger partial charge in [-0.1, -0.05) is 18.6 Å². The van der Waals surface area contributed by atoms with Crippen molar-refractivity contribution in [2.75, 3.05) is 6.61 Å². The van der Waals surface area contributed by atoms with Crippen molar-refractivity contribution in [2.45, 2.75) is 25.3 Å². The third-order valence-corrected chi connectivity index (χ3v) is 4.07. The van der Waals surface area contributed by atoms with Crippen LogP contribution in [0.3, 0.4) is 0 Å². The standard InChI is InChI=1S/C16H17NO4/c18-9-10-4-3-6-12(10)17-16(20)15-8-13(19)11-5-1-2-7-14(11)21-15/h1-2,5,7-8,10,12,18H,3-4,6,9H2,(H,17,20). The maximum Gasteiger partial charge on any atom is 0.287 e. The van der Waals surface area contributed by atoms with Crippen LogP contribution in [-0.4, -0.2) is 23.7 Å². The highest BCUT2D eigenvalue weighted by Crippen LogP contribution is 2.25. The van der Waals surface area contributed by atoms with Crippen LogP contribution in [0, 0.1) is 5.92 Å². The number of fused-ring (bicyclic) bond motifs is 1. The lowest BCUT2D eigenvalue weighted by atomic mass is 10.1. The first-order valence-electron chi connectivity index (χ1n) is 7.13. The van der Waals surface area contributed by atoms with E-state index in [2.05, 4.69) is 5.32 Å². The molecule has 21 heavy (non-hydrogen) atoms. The van der Waals surface area contributed by atoms with Crippen LogP contribution in [0.25, 0.3) is 11.0 Å². The Labute approximate surface area is 121 Å². The molecule has 5 heteroatoms. The number of carbonyl (C=O) groups excluding carboxylic acids is 1. The monoisotopic (exact) mass is 287 g/mol. The Morgan fingerprint density at radius 1 is 1.33 bits per heavy atom.